The van der Waals surface area contributed by atoms with E-state index in [2.05, 4.69) is 15.0 Å². The summed E-state index contributed by atoms with van der Waals surface area (Å²) in [7, 11) is 0. The Hall–Kier alpha value is -3.60. The number of ether oxygens (including phenoxy) is 1. The van der Waals surface area contributed by atoms with Crippen LogP contribution in [-0.4, -0.2) is 20.7 Å². The van der Waals surface area contributed by atoms with E-state index in [1.807, 2.05) is 43.3 Å². The van der Waals surface area contributed by atoms with Gasteiger partial charge in [0.05, 0.1) is 10.9 Å². The molecule has 0 aliphatic carbocycles. The molecule has 2 aromatic heterocycles. The van der Waals surface area contributed by atoms with Crippen LogP contribution in [0.3, 0.4) is 0 Å². The van der Waals surface area contributed by atoms with Crippen LogP contribution < -0.4 is 4.74 Å². The second-order valence-electron chi connectivity index (χ2n) is 6.01. The molecule has 2 aromatic carbocycles. The lowest BCUT2D eigenvalue weighted by Crippen LogP contribution is -1.98. The molecular formula is C22H17N3O2. The van der Waals surface area contributed by atoms with Crippen LogP contribution in [0.15, 0.2) is 73.1 Å². The number of nitrogens with zero attached hydrogens (tertiary/aromatic N) is 3. The van der Waals surface area contributed by atoms with E-state index in [1.54, 1.807) is 36.7 Å². The highest BCUT2D eigenvalue weighted by Crippen LogP contribution is 2.30. The zero-order chi connectivity index (χ0) is 18.6. The number of benzene rings is 2. The van der Waals surface area contributed by atoms with E-state index in [1.165, 1.54) is 0 Å². The molecule has 4 aromatic rings. The SMILES string of the molecule is CCC(=O)c1ccc(Oc2nc(-c3cccnc3)nc3ccccc23)cc1. The van der Waals surface area contributed by atoms with Crippen molar-refractivity contribution in [3.05, 3.63) is 78.6 Å². The van der Waals surface area contributed by atoms with Gasteiger partial charge in [0.15, 0.2) is 11.6 Å². The first-order chi connectivity index (χ1) is 13.2. The molecule has 27 heavy (non-hydrogen) atoms. The van der Waals surface area contributed by atoms with Crippen molar-refractivity contribution in [2.75, 3.05) is 0 Å². The minimum absolute atomic E-state index is 0.105. The normalized spacial score (nSPS) is 10.7. The van der Waals surface area contributed by atoms with Gasteiger partial charge in [-0.25, -0.2) is 4.98 Å². The summed E-state index contributed by atoms with van der Waals surface area (Å²) >= 11 is 0. The van der Waals surface area contributed by atoms with Crippen molar-refractivity contribution in [2.24, 2.45) is 0 Å². The van der Waals surface area contributed by atoms with E-state index in [0.29, 0.717) is 29.4 Å². The van der Waals surface area contributed by atoms with Crippen molar-refractivity contribution >= 4 is 16.7 Å². The van der Waals surface area contributed by atoms with Crippen molar-refractivity contribution in [2.45, 2.75) is 13.3 Å². The number of Topliss-reactive ketones (excluding diaryl/α,β-unsaturated/α-hetero) is 1. The maximum atomic E-state index is 11.8. The molecule has 0 atom stereocenters. The number of fused-ring (bicyclic) bond motifs is 1. The van der Waals surface area contributed by atoms with Crippen LogP contribution in [0.4, 0.5) is 0 Å². The third-order valence-electron chi connectivity index (χ3n) is 4.20. The molecular weight excluding hydrogens is 338 g/mol. The number of ketones is 1. The molecule has 2 heterocycles. The monoisotopic (exact) mass is 355 g/mol. The Morgan fingerprint density at radius 1 is 0.963 bits per heavy atom. The van der Waals surface area contributed by atoms with Gasteiger partial charge in [0.25, 0.3) is 0 Å². The van der Waals surface area contributed by atoms with E-state index in [0.717, 1.165) is 16.5 Å². The number of carbonyl (C=O) groups excluding carboxylic acids is 1. The fourth-order valence-corrected chi connectivity index (χ4v) is 2.77. The first-order valence-corrected chi connectivity index (χ1v) is 8.73. The topological polar surface area (TPSA) is 65.0 Å². The van der Waals surface area contributed by atoms with Crippen LogP contribution in [-0.2, 0) is 0 Å². The van der Waals surface area contributed by atoms with Crippen molar-refractivity contribution in [3.63, 3.8) is 0 Å². The van der Waals surface area contributed by atoms with Gasteiger partial charge < -0.3 is 4.74 Å². The maximum Gasteiger partial charge on any atom is 0.230 e. The van der Waals surface area contributed by atoms with Crippen LogP contribution in [0.2, 0.25) is 0 Å². The van der Waals surface area contributed by atoms with Crippen molar-refractivity contribution in [1.82, 2.24) is 15.0 Å². The summed E-state index contributed by atoms with van der Waals surface area (Å²) in [4.78, 5) is 25.1. The van der Waals surface area contributed by atoms with E-state index >= 15 is 0 Å². The highest BCUT2D eigenvalue weighted by atomic mass is 16.5. The van der Waals surface area contributed by atoms with Gasteiger partial charge in [0, 0.05) is 29.9 Å². The lowest BCUT2D eigenvalue weighted by Gasteiger charge is -2.10. The molecule has 5 heteroatoms. The number of carbonyl (C=O) groups is 1. The predicted molar refractivity (Wildman–Crippen MR) is 104 cm³/mol. The lowest BCUT2D eigenvalue weighted by atomic mass is 10.1. The van der Waals surface area contributed by atoms with E-state index < -0.39 is 0 Å². The number of aromatic nitrogens is 3. The van der Waals surface area contributed by atoms with Crippen LogP contribution in [0.1, 0.15) is 23.7 Å². The summed E-state index contributed by atoms with van der Waals surface area (Å²) < 4.78 is 6.04. The quantitative estimate of drug-likeness (QED) is 0.467. The van der Waals surface area contributed by atoms with Gasteiger partial charge in [-0.2, -0.15) is 4.98 Å². The van der Waals surface area contributed by atoms with Crippen molar-refractivity contribution in [3.8, 4) is 23.0 Å². The van der Waals surface area contributed by atoms with E-state index in [-0.39, 0.29) is 5.78 Å². The molecule has 0 N–H and O–H groups in total. The summed E-state index contributed by atoms with van der Waals surface area (Å²) in [6.07, 6.45) is 3.91. The van der Waals surface area contributed by atoms with Gasteiger partial charge >= 0.3 is 0 Å². The average Bonchev–Trinajstić information content (AvgIpc) is 2.74. The molecule has 0 saturated heterocycles. The zero-order valence-electron chi connectivity index (χ0n) is 14.8. The van der Waals surface area contributed by atoms with Gasteiger partial charge in [-0.05, 0) is 48.5 Å². The Labute approximate surface area is 156 Å². The van der Waals surface area contributed by atoms with Gasteiger partial charge in [0.1, 0.15) is 5.75 Å². The van der Waals surface area contributed by atoms with Gasteiger partial charge in [-0.1, -0.05) is 19.1 Å². The van der Waals surface area contributed by atoms with Gasteiger partial charge in [-0.15, -0.1) is 0 Å². The third kappa shape index (κ3) is 3.53. The van der Waals surface area contributed by atoms with Crippen molar-refractivity contribution in [1.29, 1.82) is 0 Å². The maximum absolute atomic E-state index is 11.8. The van der Waals surface area contributed by atoms with Crippen LogP contribution in [0.5, 0.6) is 11.6 Å². The summed E-state index contributed by atoms with van der Waals surface area (Å²) in [5.41, 5.74) is 2.28. The molecule has 4 rings (SSSR count). The van der Waals surface area contributed by atoms with Crippen molar-refractivity contribution < 1.29 is 9.53 Å². The summed E-state index contributed by atoms with van der Waals surface area (Å²) in [5.74, 6) is 1.74. The van der Waals surface area contributed by atoms with Gasteiger partial charge in [-0.3, -0.25) is 9.78 Å². The second kappa shape index (κ2) is 7.33. The highest BCUT2D eigenvalue weighted by molar-refractivity contribution is 5.95. The summed E-state index contributed by atoms with van der Waals surface area (Å²) in [6, 6.07) is 18.6. The molecule has 0 amide bonds. The smallest absolute Gasteiger partial charge is 0.230 e. The minimum atomic E-state index is 0.105. The fourth-order valence-electron chi connectivity index (χ4n) is 2.77. The summed E-state index contributed by atoms with van der Waals surface area (Å²) in [5, 5.41) is 0.818. The lowest BCUT2D eigenvalue weighted by molar-refractivity contribution is 0.0988. The van der Waals surface area contributed by atoms with E-state index in [4.69, 9.17) is 4.74 Å². The molecule has 0 unspecified atom stereocenters. The molecule has 0 radical (unpaired) electrons. The van der Waals surface area contributed by atoms with E-state index in [9.17, 15) is 4.79 Å². The molecule has 132 valence electrons. The molecule has 0 spiro atoms. The highest BCUT2D eigenvalue weighted by Gasteiger charge is 2.12. The van der Waals surface area contributed by atoms with Crippen LogP contribution in [0.25, 0.3) is 22.3 Å². The Morgan fingerprint density at radius 2 is 1.78 bits per heavy atom. The number of para-hydroxylation sites is 1. The first-order valence-electron chi connectivity index (χ1n) is 8.73. The molecule has 0 bridgehead atoms. The largest absolute Gasteiger partial charge is 0.438 e. The Kier molecular flexibility index (Phi) is 4.58. The van der Waals surface area contributed by atoms with Crippen LogP contribution >= 0.6 is 0 Å². The fraction of sp³-hybridized carbons (Fsp3) is 0.0909. The number of rotatable bonds is 5. The predicted octanol–water partition coefficient (Wildman–Crippen LogP) is 5.08. The Bertz CT molecular complexity index is 1090. The number of hydrogen-bond acceptors (Lipinski definition) is 5. The second-order valence-corrected chi connectivity index (χ2v) is 6.01. The first kappa shape index (κ1) is 16.8. The number of hydrogen-bond donors (Lipinski definition) is 0. The molecule has 0 saturated carbocycles. The standard InChI is InChI=1S/C22H17N3O2/c1-2-20(26)15-9-11-17(12-10-15)27-22-18-7-3-4-8-19(18)24-21(25-22)16-6-5-13-23-14-16/h3-14H,2H2,1H3. The minimum Gasteiger partial charge on any atom is -0.438 e. The van der Waals surface area contributed by atoms with Gasteiger partial charge in [0.2, 0.25) is 5.88 Å². The molecule has 0 aliphatic heterocycles. The number of pyridine rings is 1. The third-order valence-corrected chi connectivity index (χ3v) is 4.20. The Morgan fingerprint density at radius 3 is 2.52 bits per heavy atom. The molecule has 0 aliphatic rings. The Balaban J connectivity index is 1.75. The zero-order valence-corrected chi connectivity index (χ0v) is 14.8. The summed E-state index contributed by atoms with van der Waals surface area (Å²) in [6.45, 7) is 1.85. The average molecular weight is 355 g/mol. The molecule has 0 fully saturated rings. The van der Waals surface area contributed by atoms with Crippen LogP contribution in [0, 0.1) is 0 Å². The molecule has 5 nitrogen and oxygen atoms in total.